The molecule has 0 saturated heterocycles. The van der Waals surface area contributed by atoms with Gasteiger partial charge in [-0.25, -0.2) is 0 Å². The van der Waals surface area contributed by atoms with Crippen LogP contribution in [0.4, 0.5) is 5.82 Å². The van der Waals surface area contributed by atoms with Gasteiger partial charge in [0.25, 0.3) is 0 Å². The van der Waals surface area contributed by atoms with Gasteiger partial charge in [0.15, 0.2) is 5.82 Å². The Morgan fingerprint density at radius 3 is 2.78 bits per heavy atom. The Bertz CT molecular complexity index is 821. The molecule has 0 saturated carbocycles. The third-order valence-electron chi connectivity index (χ3n) is 3.75. The first kappa shape index (κ1) is 15.2. The summed E-state index contributed by atoms with van der Waals surface area (Å²) in [4.78, 5) is 12.0. The SMILES string of the molecule is Cc1cc(NC(=O)CN[C@@H](C)c2cccc3ccccc23)no1. The molecule has 1 heterocycles. The lowest BCUT2D eigenvalue weighted by atomic mass is 10.00. The molecule has 2 N–H and O–H groups in total. The minimum Gasteiger partial charge on any atom is -0.360 e. The van der Waals surface area contributed by atoms with Gasteiger partial charge < -0.3 is 15.2 Å². The van der Waals surface area contributed by atoms with Crippen LogP contribution in [0.25, 0.3) is 10.8 Å². The molecule has 5 heteroatoms. The highest BCUT2D eigenvalue weighted by molar-refractivity contribution is 5.91. The lowest BCUT2D eigenvalue weighted by Crippen LogP contribution is -2.30. The van der Waals surface area contributed by atoms with Crippen molar-refractivity contribution < 1.29 is 9.32 Å². The number of aryl methyl sites for hydroxylation is 1. The highest BCUT2D eigenvalue weighted by Crippen LogP contribution is 2.23. The predicted octanol–water partition coefficient (Wildman–Crippen LogP) is 3.43. The molecule has 23 heavy (non-hydrogen) atoms. The number of benzene rings is 2. The van der Waals surface area contributed by atoms with Crippen molar-refractivity contribution in [1.82, 2.24) is 10.5 Å². The zero-order chi connectivity index (χ0) is 16.2. The maximum atomic E-state index is 12.0. The van der Waals surface area contributed by atoms with Crippen molar-refractivity contribution in [2.75, 3.05) is 11.9 Å². The number of carbonyl (C=O) groups excluding carboxylic acids is 1. The Hall–Kier alpha value is -2.66. The molecule has 0 fully saturated rings. The molecular formula is C18H19N3O2. The number of carbonyl (C=O) groups is 1. The normalized spacial score (nSPS) is 12.3. The van der Waals surface area contributed by atoms with Gasteiger partial charge in [-0.05, 0) is 30.2 Å². The van der Waals surface area contributed by atoms with E-state index in [1.54, 1.807) is 13.0 Å². The number of nitrogens with zero attached hydrogens (tertiary/aromatic N) is 1. The number of rotatable bonds is 5. The van der Waals surface area contributed by atoms with E-state index >= 15 is 0 Å². The van der Waals surface area contributed by atoms with E-state index in [2.05, 4.69) is 47.0 Å². The second-order valence-electron chi connectivity index (χ2n) is 5.54. The second kappa shape index (κ2) is 6.62. The molecular weight excluding hydrogens is 290 g/mol. The van der Waals surface area contributed by atoms with Gasteiger partial charge in [-0.1, -0.05) is 47.6 Å². The number of amides is 1. The summed E-state index contributed by atoms with van der Waals surface area (Å²) in [6.45, 7) is 4.04. The summed E-state index contributed by atoms with van der Waals surface area (Å²) in [5, 5.41) is 12.1. The number of aromatic nitrogens is 1. The number of anilines is 1. The van der Waals surface area contributed by atoms with E-state index in [0.717, 1.165) is 0 Å². The van der Waals surface area contributed by atoms with Crippen LogP contribution in [-0.4, -0.2) is 17.6 Å². The molecule has 1 amide bonds. The summed E-state index contributed by atoms with van der Waals surface area (Å²) in [6, 6.07) is 16.2. The Balaban J connectivity index is 1.64. The van der Waals surface area contributed by atoms with Crippen molar-refractivity contribution in [3.05, 3.63) is 59.9 Å². The maximum absolute atomic E-state index is 12.0. The van der Waals surface area contributed by atoms with Gasteiger partial charge in [0.1, 0.15) is 5.76 Å². The topological polar surface area (TPSA) is 67.2 Å². The Kier molecular flexibility index (Phi) is 4.39. The van der Waals surface area contributed by atoms with Crippen molar-refractivity contribution in [2.24, 2.45) is 0 Å². The van der Waals surface area contributed by atoms with Crippen LogP contribution in [0.1, 0.15) is 24.3 Å². The zero-order valence-electron chi connectivity index (χ0n) is 13.2. The molecule has 1 atom stereocenters. The first-order valence-electron chi connectivity index (χ1n) is 7.57. The lowest BCUT2D eigenvalue weighted by Gasteiger charge is -2.16. The van der Waals surface area contributed by atoms with Gasteiger partial charge in [0.2, 0.25) is 5.91 Å². The summed E-state index contributed by atoms with van der Waals surface area (Å²) in [6.07, 6.45) is 0. The summed E-state index contributed by atoms with van der Waals surface area (Å²) in [7, 11) is 0. The maximum Gasteiger partial charge on any atom is 0.239 e. The molecule has 5 nitrogen and oxygen atoms in total. The van der Waals surface area contributed by atoms with Crippen LogP contribution in [0.2, 0.25) is 0 Å². The number of hydrogen-bond donors (Lipinski definition) is 2. The molecule has 0 aliphatic heterocycles. The number of hydrogen-bond acceptors (Lipinski definition) is 4. The fraction of sp³-hybridized carbons (Fsp3) is 0.222. The van der Waals surface area contributed by atoms with E-state index in [0.29, 0.717) is 11.6 Å². The van der Waals surface area contributed by atoms with Gasteiger partial charge >= 0.3 is 0 Å². The smallest absolute Gasteiger partial charge is 0.239 e. The first-order valence-corrected chi connectivity index (χ1v) is 7.57. The molecule has 0 spiro atoms. The summed E-state index contributed by atoms with van der Waals surface area (Å²) in [5.74, 6) is 0.954. The molecule has 1 aromatic heterocycles. The van der Waals surface area contributed by atoms with Gasteiger partial charge in [-0.2, -0.15) is 0 Å². The number of nitrogens with one attached hydrogen (secondary N) is 2. The molecule has 0 aliphatic rings. The van der Waals surface area contributed by atoms with Crippen molar-refractivity contribution in [3.8, 4) is 0 Å². The average Bonchev–Trinajstić information content (AvgIpc) is 2.97. The molecule has 0 radical (unpaired) electrons. The summed E-state index contributed by atoms with van der Waals surface area (Å²) < 4.78 is 4.92. The average molecular weight is 309 g/mol. The monoisotopic (exact) mass is 309 g/mol. The van der Waals surface area contributed by atoms with E-state index in [-0.39, 0.29) is 18.5 Å². The minimum absolute atomic E-state index is 0.0610. The Morgan fingerprint density at radius 1 is 1.22 bits per heavy atom. The highest BCUT2D eigenvalue weighted by atomic mass is 16.5. The van der Waals surface area contributed by atoms with Gasteiger partial charge in [-0.15, -0.1) is 0 Å². The number of fused-ring (bicyclic) bond motifs is 1. The van der Waals surface area contributed by atoms with Crippen LogP contribution >= 0.6 is 0 Å². The van der Waals surface area contributed by atoms with Gasteiger partial charge in [-0.3, -0.25) is 4.79 Å². The van der Waals surface area contributed by atoms with E-state index in [9.17, 15) is 4.79 Å². The predicted molar refractivity (Wildman–Crippen MR) is 90.2 cm³/mol. The summed E-state index contributed by atoms with van der Waals surface area (Å²) in [5.41, 5.74) is 1.17. The Morgan fingerprint density at radius 2 is 2.00 bits per heavy atom. The molecule has 3 aromatic rings. The van der Waals surface area contributed by atoms with Crippen LogP contribution in [0.5, 0.6) is 0 Å². The van der Waals surface area contributed by atoms with E-state index in [1.807, 2.05) is 18.2 Å². The molecule has 118 valence electrons. The second-order valence-corrected chi connectivity index (χ2v) is 5.54. The van der Waals surface area contributed by atoms with Crippen molar-refractivity contribution in [1.29, 1.82) is 0 Å². The third kappa shape index (κ3) is 3.57. The molecule has 2 aromatic carbocycles. The van der Waals surface area contributed by atoms with E-state index < -0.39 is 0 Å². The van der Waals surface area contributed by atoms with E-state index in [1.165, 1.54) is 16.3 Å². The summed E-state index contributed by atoms with van der Waals surface area (Å²) >= 11 is 0. The standard InChI is InChI=1S/C18H19N3O2/c1-12-10-17(21-23-12)20-18(22)11-19-13(2)15-9-5-7-14-6-3-4-8-16(14)15/h3-10,13,19H,11H2,1-2H3,(H,20,21,22)/t13-/m0/s1. The van der Waals surface area contributed by atoms with Crippen LogP contribution in [-0.2, 0) is 4.79 Å². The van der Waals surface area contributed by atoms with Crippen LogP contribution in [0.3, 0.4) is 0 Å². The lowest BCUT2D eigenvalue weighted by molar-refractivity contribution is -0.115. The van der Waals surface area contributed by atoms with Crippen LogP contribution in [0, 0.1) is 6.92 Å². The van der Waals surface area contributed by atoms with E-state index in [4.69, 9.17) is 4.52 Å². The molecule has 0 aliphatic carbocycles. The zero-order valence-corrected chi connectivity index (χ0v) is 13.2. The van der Waals surface area contributed by atoms with Crippen molar-refractivity contribution in [3.63, 3.8) is 0 Å². The molecule has 0 bridgehead atoms. The molecule has 0 unspecified atom stereocenters. The van der Waals surface area contributed by atoms with Crippen LogP contribution < -0.4 is 10.6 Å². The Labute approximate surface area is 134 Å². The molecule has 3 rings (SSSR count). The highest BCUT2D eigenvalue weighted by Gasteiger charge is 2.11. The third-order valence-corrected chi connectivity index (χ3v) is 3.75. The van der Waals surface area contributed by atoms with Gasteiger partial charge in [0.05, 0.1) is 6.54 Å². The van der Waals surface area contributed by atoms with Crippen LogP contribution in [0.15, 0.2) is 53.1 Å². The fourth-order valence-electron chi connectivity index (χ4n) is 2.60. The first-order chi connectivity index (χ1) is 11.1. The minimum atomic E-state index is -0.148. The largest absolute Gasteiger partial charge is 0.360 e. The quantitative estimate of drug-likeness (QED) is 0.758. The van der Waals surface area contributed by atoms with Gasteiger partial charge in [0, 0.05) is 12.1 Å². The van der Waals surface area contributed by atoms with Crippen molar-refractivity contribution in [2.45, 2.75) is 19.9 Å². The van der Waals surface area contributed by atoms with Crippen molar-refractivity contribution >= 4 is 22.5 Å². The fourth-order valence-corrected chi connectivity index (χ4v) is 2.60.